The van der Waals surface area contributed by atoms with E-state index in [9.17, 15) is 9.59 Å². The van der Waals surface area contributed by atoms with Crippen LogP contribution in [0.2, 0.25) is 0 Å². The fraction of sp³-hybridized carbons (Fsp3) is 0.467. The first kappa shape index (κ1) is 12.4. The molecule has 2 fully saturated rings. The van der Waals surface area contributed by atoms with Gasteiger partial charge < -0.3 is 5.32 Å². The van der Waals surface area contributed by atoms with Gasteiger partial charge in [0.05, 0.1) is 17.9 Å². The minimum Gasteiger partial charge on any atom is -0.312 e. The zero-order valence-electron chi connectivity index (χ0n) is 11.2. The highest BCUT2D eigenvalue weighted by Gasteiger charge is 2.58. The Balaban J connectivity index is 1.79. The highest BCUT2D eigenvalue weighted by atomic mass is 16.2. The second-order valence-electron chi connectivity index (χ2n) is 5.43. The van der Waals surface area contributed by atoms with Crippen LogP contribution in [0.4, 0.5) is 0 Å². The molecule has 3 rings (SSSR count). The maximum absolute atomic E-state index is 12.0. The van der Waals surface area contributed by atoms with E-state index in [0.717, 1.165) is 12.0 Å². The number of carbonyl (C=O) groups is 2. The fourth-order valence-corrected chi connectivity index (χ4v) is 2.94. The van der Waals surface area contributed by atoms with Crippen molar-refractivity contribution >= 4 is 11.8 Å². The molecule has 0 bridgehead atoms. The molecule has 1 aliphatic heterocycles. The second kappa shape index (κ2) is 4.46. The topological polar surface area (TPSA) is 49.4 Å². The van der Waals surface area contributed by atoms with E-state index < -0.39 is 0 Å². The van der Waals surface area contributed by atoms with E-state index in [-0.39, 0.29) is 29.7 Å². The Bertz CT molecular complexity index is 521. The van der Waals surface area contributed by atoms with Crippen LogP contribution in [0, 0.1) is 18.8 Å². The number of amides is 2. The number of rotatable bonds is 4. The van der Waals surface area contributed by atoms with E-state index in [0.29, 0.717) is 6.54 Å². The number of likely N-dealkylation sites (N-methyl/N-ethyl adjacent to an activating group) is 1. The second-order valence-corrected chi connectivity index (χ2v) is 5.43. The van der Waals surface area contributed by atoms with Crippen LogP contribution in [-0.4, -0.2) is 30.3 Å². The van der Waals surface area contributed by atoms with Crippen LogP contribution in [0.3, 0.4) is 0 Å². The Kier molecular flexibility index (Phi) is 2.90. The van der Waals surface area contributed by atoms with Crippen molar-refractivity contribution < 1.29 is 9.59 Å². The number of piperidine rings is 1. The van der Waals surface area contributed by atoms with Crippen LogP contribution < -0.4 is 5.32 Å². The summed E-state index contributed by atoms with van der Waals surface area (Å²) in [5.74, 6) is 0.0106. The molecule has 4 heteroatoms. The zero-order valence-corrected chi connectivity index (χ0v) is 11.2. The minimum absolute atomic E-state index is 0.00611. The number of aryl methyl sites for hydroxylation is 1. The van der Waals surface area contributed by atoms with Gasteiger partial charge >= 0.3 is 0 Å². The third kappa shape index (κ3) is 1.96. The summed E-state index contributed by atoms with van der Waals surface area (Å²) in [4.78, 5) is 25.4. The summed E-state index contributed by atoms with van der Waals surface area (Å²) in [6, 6.07) is 8.07. The summed E-state index contributed by atoms with van der Waals surface area (Å²) < 4.78 is 0. The van der Waals surface area contributed by atoms with Gasteiger partial charge in [-0.25, -0.2) is 0 Å². The van der Waals surface area contributed by atoms with Crippen LogP contribution in [0.25, 0.3) is 0 Å². The van der Waals surface area contributed by atoms with Gasteiger partial charge in [-0.1, -0.05) is 24.3 Å². The fourth-order valence-electron chi connectivity index (χ4n) is 2.94. The molecule has 3 atom stereocenters. The number of nitrogens with zero attached hydrogens (tertiary/aromatic N) is 1. The van der Waals surface area contributed by atoms with Crippen molar-refractivity contribution in [2.75, 3.05) is 13.6 Å². The van der Waals surface area contributed by atoms with Crippen LogP contribution >= 0.6 is 0 Å². The van der Waals surface area contributed by atoms with Gasteiger partial charge in [0, 0.05) is 6.54 Å². The Labute approximate surface area is 112 Å². The number of carbonyl (C=O) groups excluding carboxylic acids is 2. The Hall–Kier alpha value is -1.68. The molecule has 1 aromatic rings. The number of nitrogens with one attached hydrogen (secondary N) is 1. The van der Waals surface area contributed by atoms with Crippen molar-refractivity contribution in [3.63, 3.8) is 0 Å². The van der Waals surface area contributed by atoms with Crippen LogP contribution in [-0.2, 0) is 9.59 Å². The van der Waals surface area contributed by atoms with E-state index in [4.69, 9.17) is 0 Å². The van der Waals surface area contributed by atoms with Gasteiger partial charge in [0.25, 0.3) is 0 Å². The van der Waals surface area contributed by atoms with Gasteiger partial charge in [-0.2, -0.15) is 0 Å². The molecule has 4 nitrogen and oxygen atoms in total. The molecule has 1 aliphatic carbocycles. The van der Waals surface area contributed by atoms with Crippen molar-refractivity contribution in [2.24, 2.45) is 11.8 Å². The minimum atomic E-state index is -0.0122. The van der Waals surface area contributed by atoms with Gasteiger partial charge in [-0.3, -0.25) is 14.5 Å². The first-order valence-electron chi connectivity index (χ1n) is 6.71. The molecule has 1 heterocycles. The average molecular weight is 258 g/mol. The molecule has 1 N–H and O–H groups in total. The third-order valence-electron chi connectivity index (χ3n) is 4.23. The molecule has 0 aromatic heterocycles. The monoisotopic (exact) mass is 258 g/mol. The van der Waals surface area contributed by atoms with Crippen LogP contribution in [0.5, 0.6) is 0 Å². The Morgan fingerprint density at radius 3 is 2.47 bits per heavy atom. The average Bonchev–Trinajstić information content (AvgIpc) is 3.16. The molecule has 2 aliphatic rings. The SMILES string of the molecule is CNC(CN1C(=O)C2CC2C1=O)c1ccccc1C. The normalized spacial score (nSPS) is 26.5. The molecule has 0 radical (unpaired) electrons. The molecular weight excluding hydrogens is 240 g/mol. The molecule has 19 heavy (non-hydrogen) atoms. The molecule has 2 amide bonds. The Morgan fingerprint density at radius 1 is 1.26 bits per heavy atom. The molecule has 0 spiro atoms. The van der Waals surface area contributed by atoms with Crippen molar-refractivity contribution in [1.29, 1.82) is 0 Å². The Morgan fingerprint density at radius 2 is 1.89 bits per heavy atom. The first-order valence-corrected chi connectivity index (χ1v) is 6.71. The molecule has 1 aromatic carbocycles. The van der Waals surface area contributed by atoms with Gasteiger partial charge in [0.15, 0.2) is 0 Å². The summed E-state index contributed by atoms with van der Waals surface area (Å²) in [5.41, 5.74) is 2.32. The molecule has 3 unspecified atom stereocenters. The highest BCUT2D eigenvalue weighted by Crippen LogP contribution is 2.47. The van der Waals surface area contributed by atoms with E-state index in [1.54, 1.807) is 0 Å². The largest absolute Gasteiger partial charge is 0.312 e. The molecular formula is C15H18N2O2. The predicted octanol–water partition coefficient (Wildman–Crippen LogP) is 1.26. The lowest BCUT2D eigenvalue weighted by Gasteiger charge is -2.25. The standard InChI is InChI=1S/C15H18N2O2/c1-9-5-3-4-6-10(9)13(16-2)8-17-14(18)11-7-12(11)15(17)19/h3-6,11-13,16H,7-8H2,1-2H3. The summed E-state index contributed by atoms with van der Waals surface area (Å²) in [5, 5.41) is 3.21. The predicted molar refractivity (Wildman–Crippen MR) is 71.3 cm³/mol. The number of hydrogen-bond acceptors (Lipinski definition) is 3. The van der Waals surface area contributed by atoms with Crippen molar-refractivity contribution in [2.45, 2.75) is 19.4 Å². The molecule has 1 saturated heterocycles. The summed E-state index contributed by atoms with van der Waals surface area (Å²) in [6.45, 7) is 2.48. The lowest BCUT2D eigenvalue weighted by atomic mass is 10.0. The number of fused-ring (bicyclic) bond motifs is 1. The maximum atomic E-state index is 12.0. The van der Waals surface area contributed by atoms with Gasteiger partial charge in [0.1, 0.15) is 0 Å². The van der Waals surface area contributed by atoms with E-state index >= 15 is 0 Å². The highest BCUT2D eigenvalue weighted by molar-refractivity contribution is 6.08. The van der Waals surface area contributed by atoms with Crippen LogP contribution in [0.1, 0.15) is 23.6 Å². The molecule has 100 valence electrons. The zero-order chi connectivity index (χ0) is 13.6. The number of hydrogen-bond donors (Lipinski definition) is 1. The van der Waals surface area contributed by atoms with E-state index in [1.807, 2.05) is 38.2 Å². The van der Waals surface area contributed by atoms with Crippen molar-refractivity contribution in [1.82, 2.24) is 10.2 Å². The van der Waals surface area contributed by atoms with Crippen LogP contribution in [0.15, 0.2) is 24.3 Å². The van der Waals surface area contributed by atoms with Crippen molar-refractivity contribution in [3.8, 4) is 0 Å². The first-order chi connectivity index (χ1) is 9.13. The number of benzene rings is 1. The lowest BCUT2D eigenvalue weighted by Crippen LogP contribution is -2.39. The van der Waals surface area contributed by atoms with Gasteiger partial charge in [-0.05, 0) is 31.5 Å². The van der Waals surface area contributed by atoms with E-state index in [2.05, 4.69) is 5.32 Å². The lowest BCUT2D eigenvalue weighted by molar-refractivity contribution is -0.141. The van der Waals surface area contributed by atoms with Crippen molar-refractivity contribution in [3.05, 3.63) is 35.4 Å². The van der Waals surface area contributed by atoms with Gasteiger partial charge in [0.2, 0.25) is 11.8 Å². The number of likely N-dealkylation sites (tertiary alicyclic amines) is 1. The third-order valence-corrected chi connectivity index (χ3v) is 4.23. The van der Waals surface area contributed by atoms with Gasteiger partial charge in [-0.15, -0.1) is 0 Å². The quantitative estimate of drug-likeness (QED) is 0.827. The van der Waals surface area contributed by atoms with E-state index in [1.165, 1.54) is 10.5 Å². The maximum Gasteiger partial charge on any atom is 0.233 e. The smallest absolute Gasteiger partial charge is 0.233 e. The number of imide groups is 1. The summed E-state index contributed by atoms with van der Waals surface area (Å²) in [7, 11) is 1.86. The molecule has 1 saturated carbocycles. The summed E-state index contributed by atoms with van der Waals surface area (Å²) >= 11 is 0. The summed E-state index contributed by atoms with van der Waals surface area (Å²) in [6.07, 6.45) is 0.767.